The molecule has 5 heteroatoms. The summed E-state index contributed by atoms with van der Waals surface area (Å²) in [5.74, 6) is 0.826. The van der Waals surface area contributed by atoms with E-state index in [0.717, 1.165) is 53.8 Å². The Hall–Kier alpha value is -3.31. The summed E-state index contributed by atoms with van der Waals surface area (Å²) >= 11 is 0. The number of ether oxygens (including phenoxy) is 1. The van der Waals surface area contributed by atoms with Crippen LogP contribution in [-0.4, -0.2) is 44.7 Å². The summed E-state index contributed by atoms with van der Waals surface area (Å²) < 4.78 is 5.87. The minimum absolute atomic E-state index is 0.182. The van der Waals surface area contributed by atoms with Crippen LogP contribution in [0.15, 0.2) is 79.4 Å². The van der Waals surface area contributed by atoms with Crippen LogP contribution in [0, 0.1) is 0 Å². The van der Waals surface area contributed by atoms with Gasteiger partial charge in [0.2, 0.25) is 0 Å². The number of benzene rings is 3. The van der Waals surface area contributed by atoms with Gasteiger partial charge >= 0.3 is 6.03 Å². The summed E-state index contributed by atoms with van der Waals surface area (Å²) in [4.78, 5) is 16.7. The number of likely N-dealkylation sites (N-methyl/N-ethyl adjacent to an activating group) is 1. The van der Waals surface area contributed by atoms with Crippen LogP contribution in [-0.2, 0) is 0 Å². The van der Waals surface area contributed by atoms with E-state index >= 15 is 0 Å². The number of unbranched alkanes of at least 4 members (excludes halogenated alkanes) is 3. The van der Waals surface area contributed by atoms with Crippen molar-refractivity contribution >= 4 is 28.2 Å². The monoisotopic (exact) mass is 445 g/mol. The lowest BCUT2D eigenvalue weighted by atomic mass is 10.1. The molecule has 0 aliphatic carbocycles. The van der Waals surface area contributed by atoms with Crippen molar-refractivity contribution in [3.63, 3.8) is 0 Å². The van der Waals surface area contributed by atoms with Gasteiger partial charge in [0.25, 0.3) is 0 Å². The minimum Gasteiger partial charge on any atom is -0.494 e. The highest BCUT2D eigenvalue weighted by Crippen LogP contribution is 2.24. The van der Waals surface area contributed by atoms with Crippen LogP contribution < -0.4 is 15.0 Å². The molecule has 174 valence electrons. The van der Waals surface area contributed by atoms with Gasteiger partial charge in [-0.05, 0) is 62.2 Å². The van der Waals surface area contributed by atoms with E-state index in [4.69, 9.17) is 4.74 Å². The fourth-order valence-corrected chi connectivity index (χ4v) is 3.76. The van der Waals surface area contributed by atoms with Crippen LogP contribution >= 0.6 is 0 Å². The van der Waals surface area contributed by atoms with Gasteiger partial charge < -0.3 is 15.0 Å². The predicted molar refractivity (Wildman–Crippen MR) is 139 cm³/mol. The van der Waals surface area contributed by atoms with Crippen LogP contribution in [0.5, 0.6) is 5.75 Å². The summed E-state index contributed by atoms with van der Waals surface area (Å²) in [6.45, 7) is 6.53. The zero-order valence-corrected chi connectivity index (χ0v) is 19.8. The average Bonchev–Trinajstić information content (AvgIpc) is 2.84. The molecule has 0 spiro atoms. The highest BCUT2D eigenvalue weighted by atomic mass is 16.5. The first-order valence-electron chi connectivity index (χ1n) is 11.6. The molecule has 3 rings (SSSR count). The Morgan fingerprint density at radius 1 is 0.939 bits per heavy atom. The molecule has 5 nitrogen and oxygen atoms in total. The van der Waals surface area contributed by atoms with Crippen molar-refractivity contribution < 1.29 is 9.53 Å². The van der Waals surface area contributed by atoms with E-state index in [2.05, 4.69) is 23.8 Å². The molecular formula is C28H35N3O2. The first-order valence-corrected chi connectivity index (χ1v) is 11.6. The number of amides is 2. The summed E-state index contributed by atoms with van der Waals surface area (Å²) in [6.07, 6.45) is 6.55. The topological polar surface area (TPSA) is 44.8 Å². The van der Waals surface area contributed by atoms with E-state index in [-0.39, 0.29) is 6.03 Å². The second kappa shape index (κ2) is 12.7. The molecule has 0 radical (unpaired) electrons. The summed E-state index contributed by atoms with van der Waals surface area (Å²) in [6, 6.07) is 21.4. The van der Waals surface area contributed by atoms with Gasteiger partial charge in [0.05, 0.1) is 12.3 Å². The van der Waals surface area contributed by atoms with Crippen LogP contribution in [0.3, 0.4) is 0 Å². The Balaban J connectivity index is 1.42. The molecule has 0 fully saturated rings. The van der Waals surface area contributed by atoms with Gasteiger partial charge in [-0.15, -0.1) is 6.58 Å². The molecule has 0 saturated heterocycles. The molecule has 0 saturated carbocycles. The van der Waals surface area contributed by atoms with E-state index in [1.54, 1.807) is 11.9 Å². The minimum atomic E-state index is -0.182. The van der Waals surface area contributed by atoms with E-state index in [1.165, 1.54) is 12.8 Å². The maximum atomic E-state index is 12.8. The van der Waals surface area contributed by atoms with Gasteiger partial charge in [-0.2, -0.15) is 0 Å². The third-order valence-corrected chi connectivity index (χ3v) is 5.70. The Kier molecular flexibility index (Phi) is 9.33. The van der Waals surface area contributed by atoms with Crippen molar-refractivity contribution in [1.29, 1.82) is 0 Å². The van der Waals surface area contributed by atoms with Gasteiger partial charge in [0.1, 0.15) is 5.75 Å². The second-order valence-corrected chi connectivity index (χ2v) is 8.32. The number of anilines is 2. The lowest BCUT2D eigenvalue weighted by Crippen LogP contribution is -2.31. The molecule has 0 unspecified atom stereocenters. The Morgan fingerprint density at radius 2 is 1.67 bits per heavy atom. The Labute approximate surface area is 197 Å². The smallest absolute Gasteiger partial charge is 0.326 e. The van der Waals surface area contributed by atoms with E-state index < -0.39 is 0 Å². The van der Waals surface area contributed by atoms with Crippen molar-refractivity contribution in [2.45, 2.75) is 25.7 Å². The average molecular weight is 446 g/mol. The van der Waals surface area contributed by atoms with E-state index in [1.807, 2.05) is 72.8 Å². The van der Waals surface area contributed by atoms with Crippen LogP contribution in [0.2, 0.25) is 0 Å². The maximum Gasteiger partial charge on any atom is 0.326 e. The molecule has 0 aliphatic rings. The number of rotatable bonds is 12. The molecule has 0 aromatic heterocycles. The zero-order chi connectivity index (χ0) is 23.5. The standard InChI is InChI=1S/C28H35N3O2/c1-4-20-30(2)21-9-5-6-10-22-33-25-18-16-24(17-19-25)31(3)28(32)29-27-15-11-13-23-12-7-8-14-26(23)27/h4,7-8,11-19H,1,5-6,9-10,20-22H2,2-3H3,(H,29,32). The summed E-state index contributed by atoms with van der Waals surface area (Å²) in [7, 11) is 3.89. The SMILES string of the molecule is C=CCN(C)CCCCCCOc1ccc(N(C)C(=O)Nc2cccc3ccccc23)cc1. The molecule has 1 N–H and O–H groups in total. The van der Waals surface area contributed by atoms with E-state index in [0.29, 0.717) is 6.61 Å². The highest BCUT2D eigenvalue weighted by Gasteiger charge is 2.12. The van der Waals surface area contributed by atoms with Gasteiger partial charge in [-0.3, -0.25) is 4.90 Å². The Bertz CT molecular complexity index is 1030. The number of fused-ring (bicyclic) bond motifs is 1. The van der Waals surface area contributed by atoms with Gasteiger partial charge in [-0.1, -0.05) is 55.3 Å². The largest absolute Gasteiger partial charge is 0.494 e. The molecule has 3 aromatic rings. The summed E-state index contributed by atoms with van der Waals surface area (Å²) in [5, 5.41) is 5.14. The lowest BCUT2D eigenvalue weighted by Gasteiger charge is -2.19. The first-order chi connectivity index (χ1) is 16.1. The van der Waals surface area contributed by atoms with Crippen LogP contribution in [0.25, 0.3) is 10.8 Å². The van der Waals surface area contributed by atoms with Crippen molar-refractivity contribution in [2.24, 2.45) is 0 Å². The van der Waals surface area contributed by atoms with Gasteiger partial charge in [-0.25, -0.2) is 4.79 Å². The fourth-order valence-electron chi connectivity index (χ4n) is 3.76. The number of nitrogens with one attached hydrogen (secondary N) is 1. The number of urea groups is 1. The molecule has 0 bridgehead atoms. The zero-order valence-electron chi connectivity index (χ0n) is 19.8. The molecule has 33 heavy (non-hydrogen) atoms. The highest BCUT2D eigenvalue weighted by molar-refractivity contribution is 6.07. The number of hydrogen-bond donors (Lipinski definition) is 1. The fraction of sp³-hybridized carbons (Fsp3) is 0.321. The maximum absolute atomic E-state index is 12.8. The Morgan fingerprint density at radius 3 is 2.45 bits per heavy atom. The van der Waals surface area contributed by atoms with Crippen molar-refractivity contribution in [2.75, 3.05) is 44.0 Å². The quantitative estimate of drug-likeness (QED) is 0.253. The lowest BCUT2D eigenvalue weighted by molar-refractivity contribution is 0.258. The molecule has 2 amide bonds. The molecule has 3 aromatic carbocycles. The predicted octanol–water partition coefficient (Wildman–Crippen LogP) is 6.57. The van der Waals surface area contributed by atoms with Crippen molar-refractivity contribution in [1.82, 2.24) is 4.90 Å². The van der Waals surface area contributed by atoms with Gasteiger partial charge in [0, 0.05) is 24.7 Å². The molecular weight excluding hydrogens is 410 g/mol. The van der Waals surface area contributed by atoms with E-state index in [9.17, 15) is 4.79 Å². The number of carbonyl (C=O) groups is 1. The third kappa shape index (κ3) is 7.36. The number of hydrogen-bond acceptors (Lipinski definition) is 3. The molecule has 0 heterocycles. The number of carbonyl (C=O) groups excluding carboxylic acids is 1. The number of nitrogens with zero attached hydrogens (tertiary/aromatic N) is 2. The molecule has 0 aliphatic heterocycles. The molecule has 0 atom stereocenters. The normalized spacial score (nSPS) is 10.9. The van der Waals surface area contributed by atoms with Crippen molar-refractivity contribution in [3.05, 3.63) is 79.4 Å². The van der Waals surface area contributed by atoms with Crippen LogP contribution in [0.4, 0.5) is 16.2 Å². The van der Waals surface area contributed by atoms with Crippen molar-refractivity contribution in [3.8, 4) is 5.75 Å². The third-order valence-electron chi connectivity index (χ3n) is 5.70. The first kappa shape index (κ1) is 24.3. The van der Waals surface area contributed by atoms with Crippen LogP contribution in [0.1, 0.15) is 25.7 Å². The second-order valence-electron chi connectivity index (χ2n) is 8.32. The van der Waals surface area contributed by atoms with Gasteiger partial charge in [0.15, 0.2) is 0 Å². The summed E-state index contributed by atoms with van der Waals surface area (Å²) in [5.41, 5.74) is 1.61.